The number of aliphatic carboxylic acids is 1. The number of carbonyl (C=O) groups is 1. The molecule has 0 aliphatic heterocycles. The summed E-state index contributed by atoms with van der Waals surface area (Å²) in [6.45, 7) is 6.39. The van der Waals surface area contributed by atoms with Crippen molar-refractivity contribution in [1.82, 2.24) is 0 Å². The Morgan fingerprint density at radius 3 is 2.30 bits per heavy atom. The van der Waals surface area contributed by atoms with Crippen LogP contribution in [0.5, 0.6) is 5.75 Å². The van der Waals surface area contributed by atoms with Crippen molar-refractivity contribution in [3.8, 4) is 5.75 Å². The van der Waals surface area contributed by atoms with Gasteiger partial charge in [-0.1, -0.05) is 48.8 Å². The number of carboxylic acid groups (broad SMARTS) is 1. The molecule has 1 atom stereocenters. The molecule has 2 rings (SSSR count). The first-order valence-corrected chi connectivity index (χ1v) is 9.27. The summed E-state index contributed by atoms with van der Waals surface area (Å²) in [5.41, 5.74) is 4.24. The Hall–Kier alpha value is -2.82. The van der Waals surface area contributed by atoms with E-state index in [4.69, 9.17) is 14.7 Å². The van der Waals surface area contributed by atoms with Gasteiger partial charge in [-0.2, -0.15) is 0 Å². The quantitative estimate of drug-likeness (QED) is 0.377. The summed E-state index contributed by atoms with van der Waals surface area (Å²) in [5, 5.41) is 13.3. The van der Waals surface area contributed by atoms with Gasteiger partial charge in [-0.25, -0.2) is 4.79 Å². The molecule has 0 amide bonds. The van der Waals surface area contributed by atoms with Crippen LogP contribution in [-0.2, 0) is 16.1 Å². The van der Waals surface area contributed by atoms with E-state index in [0.29, 0.717) is 18.8 Å². The van der Waals surface area contributed by atoms with E-state index in [0.717, 1.165) is 24.1 Å². The second-order valence-electron chi connectivity index (χ2n) is 6.34. The highest BCUT2D eigenvalue weighted by molar-refractivity contribution is 6.00. The molecule has 0 heterocycles. The molecule has 0 aromatic heterocycles. The van der Waals surface area contributed by atoms with Crippen molar-refractivity contribution >= 4 is 11.7 Å². The highest BCUT2D eigenvalue weighted by Gasteiger charge is 2.16. The van der Waals surface area contributed by atoms with Crippen LogP contribution < -0.4 is 4.74 Å². The van der Waals surface area contributed by atoms with E-state index in [1.54, 1.807) is 19.1 Å². The standard InChI is InChI=1S/C22H27NO4/c1-4-20(23-26-15-14-17-8-6-16(3)7-9-17)18-10-12-19(13-11-18)27-21(5-2)22(24)25/h6-13,21H,4-5,14-15H2,1-3H3,(H,24,25)/b23-20+. The van der Waals surface area contributed by atoms with Gasteiger partial charge in [0, 0.05) is 6.42 Å². The van der Waals surface area contributed by atoms with Crippen molar-refractivity contribution in [2.24, 2.45) is 5.16 Å². The summed E-state index contributed by atoms with van der Waals surface area (Å²) in [6.07, 6.45) is 1.12. The van der Waals surface area contributed by atoms with Crippen LogP contribution in [-0.4, -0.2) is 29.5 Å². The van der Waals surface area contributed by atoms with Crippen molar-refractivity contribution < 1.29 is 19.5 Å². The molecule has 5 nitrogen and oxygen atoms in total. The van der Waals surface area contributed by atoms with Gasteiger partial charge in [0.1, 0.15) is 12.4 Å². The topological polar surface area (TPSA) is 68.1 Å². The predicted molar refractivity (Wildman–Crippen MR) is 106 cm³/mol. The summed E-state index contributed by atoms with van der Waals surface area (Å²) in [7, 11) is 0. The first-order valence-electron chi connectivity index (χ1n) is 9.27. The van der Waals surface area contributed by atoms with E-state index in [1.807, 2.05) is 19.1 Å². The maximum Gasteiger partial charge on any atom is 0.344 e. The summed E-state index contributed by atoms with van der Waals surface area (Å²) in [5.74, 6) is -0.428. The number of oxime groups is 1. The average molecular weight is 369 g/mol. The minimum atomic E-state index is -0.959. The molecule has 2 aromatic rings. The first-order chi connectivity index (χ1) is 13.0. The zero-order chi connectivity index (χ0) is 19.6. The second-order valence-corrected chi connectivity index (χ2v) is 6.34. The van der Waals surface area contributed by atoms with E-state index in [1.165, 1.54) is 11.1 Å². The van der Waals surface area contributed by atoms with Gasteiger partial charge >= 0.3 is 5.97 Å². The fourth-order valence-corrected chi connectivity index (χ4v) is 2.56. The van der Waals surface area contributed by atoms with E-state index in [2.05, 4.69) is 36.3 Å². The number of hydrogen-bond acceptors (Lipinski definition) is 4. The highest BCUT2D eigenvalue weighted by atomic mass is 16.6. The molecule has 0 aliphatic rings. The number of rotatable bonds is 10. The Kier molecular flexibility index (Phi) is 7.86. The molecule has 0 saturated heterocycles. The molecule has 0 bridgehead atoms. The molecule has 0 fully saturated rings. The average Bonchev–Trinajstić information content (AvgIpc) is 2.68. The smallest absolute Gasteiger partial charge is 0.344 e. The maximum absolute atomic E-state index is 11.1. The van der Waals surface area contributed by atoms with Gasteiger partial charge in [0.05, 0.1) is 5.71 Å². The second kappa shape index (κ2) is 10.4. The lowest BCUT2D eigenvalue weighted by Crippen LogP contribution is -2.25. The number of aryl methyl sites for hydroxylation is 1. The van der Waals surface area contributed by atoms with E-state index in [-0.39, 0.29) is 0 Å². The monoisotopic (exact) mass is 369 g/mol. The minimum absolute atomic E-state index is 0.410. The third-order valence-electron chi connectivity index (χ3n) is 4.22. The van der Waals surface area contributed by atoms with Crippen LogP contribution >= 0.6 is 0 Å². The SMILES string of the molecule is CC/C(=N\OCCc1ccc(C)cc1)c1ccc(OC(CC)C(=O)O)cc1. The molecule has 5 heteroatoms. The van der Waals surface area contributed by atoms with Crippen molar-refractivity contribution in [3.63, 3.8) is 0 Å². The fourth-order valence-electron chi connectivity index (χ4n) is 2.56. The molecule has 27 heavy (non-hydrogen) atoms. The van der Waals surface area contributed by atoms with Crippen molar-refractivity contribution in [2.75, 3.05) is 6.61 Å². The van der Waals surface area contributed by atoms with Crippen molar-refractivity contribution in [2.45, 2.75) is 46.1 Å². The molecular formula is C22H27NO4. The molecule has 1 unspecified atom stereocenters. The lowest BCUT2D eigenvalue weighted by atomic mass is 10.1. The van der Waals surface area contributed by atoms with E-state index < -0.39 is 12.1 Å². The van der Waals surface area contributed by atoms with Gasteiger partial charge < -0.3 is 14.7 Å². The summed E-state index contributed by atoms with van der Waals surface area (Å²) < 4.78 is 5.48. The molecule has 0 saturated carbocycles. The summed E-state index contributed by atoms with van der Waals surface area (Å²) in [4.78, 5) is 16.6. The molecular weight excluding hydrogens is 342 g/mol. The Balaban J connectivity index is 1.92. The molecule has 1 N–H and O–H groups in total. The minimum Gasteiger partial charge on any atom is -0.479 e. The fraction of sp³-hybridized carbons (Fsp3) is 0.364. The first kappa shape index (κ1) is 20.5. The van der Waals surface area contributed by atoms with E-state index >= 15 is 0 Å². The Labute approximate surface area is 160 Å². The van der Waals surface area contributed by atoms with Crippen molar-refractivity contribution in [1.29, 1.82) is 0 Å². The van der Waals surface area contributed by atoms with Crippen LogP contribution in [0.4, 0.5) is 0 Å². The van der Waals surface area contributed by atoms with Crippen LogP contribution in [0.2, 0.25) is 0 Å². The molecule has 0 aliphatic carbocycles. The third kappa shape index (κ3) is 6.44. The third-order valence-corrected chi connectivity index (χ3v) is 4.22. The number of benzene rings is 2. The number of nitrogens with zero attached hydrogens (tertiary/aromatic N) is 1. The van der Waals surface area contributed by atoms with Crippen LogP contribution in [0.3, 0.4) is 0 Å². The van der Waals surface area contributed by atoms with Crippen LogP contribution in [0, 0.1) is 6.92 Å². The normalized spacial score (nSPS) is 12.5. The summed E-state index contributed by atoms with van der Waals surface area (Å²) in [6, 6.07) is 15.6. The molecule has 0 radical (unpaired) electrons. The van der Waals surface area contributed by atoms with Gasteiger partial charge in [0.25, 0.3) is 0 Å². The highest BCUT2D eigenvalue weighted by Crippen LogP contribution is 2.17. The summed E-state index contributed by atoms with van der Waals surface area (Å²) >= 11 is 0. The van der Waals surface area contributed by atoms with Crippen LogP contribution in [0.15, 0.2) is 53.7 Å². The van der Waals surface area contributed by atoms with Crippen molar-refractivity contribution in [3.05, 3.63) is 65.2 Å². The number of hydrogen-bond donors (Lipinski definition) is 1. The maximum atomic E-state index is 11.1. The zero-order valence-corrected chi connectivity index (χ0v) is 16.1. The van der Waals surface area contributed by atoms with Crippen LogP contribution in [0.25, 0.3) is 0 Å². The zero-order valence-electron chi connectivity index (χ0n) is 16.1. The number of carboxylic acids is 1. The Morgan fingerprint density at radius 1 is 1.07 bits per heavy atom. The molecule has 0 spiro atoms. The largest absolute Gasteiger partial charge is 0.479 e. The molecule has 144 valence electrons. The van der Waals surface area contributed by atoms with Gasteiger partial charge in [-0.05, 0) is 55.2 Å². The molecule has 2 aromatic carbocycles. The van der Waals surface area contributed by atoms with E-state index in [9.17, 15) is 4.79 Å². The van der Waals surface area contributed by atoms with Gasteiger partial charge in [-0.15, -0.1) is 0 Å². The van der Waals surface area contributed by atoms with Gasteiger partial charge in [0.2, 0.25) is 0 Å². The van der Waals surface area contributed by atoms with Crippen LogP contribution in [0.1, 0.15) is 43.4 Å². The van der Waals surface area contributed by atoms with Gasteiger partial charge in [0.15, 0.2) is 6.10 Å². The lowest BCUT2D eigenvalue weighted by Gasteiger charge is -2.13. The van der Waals surface area contributed by atoms with Gasteiger partial charge in [-0.3, -0.25) is 0 Å². The lowest BCUT2D eigenvalue weighted by molar-refractivity contribution is -0.145. The Bertz CT molecular complexity index is 751. The number of ether oxygens (including phenoxy) is 1. The Morgan fingerprint density at radius 2 is 1.74 bits per heavy atom. The predicted octanol–water partition coefficient (Wildman–Crippen LogP) is 4.61.